The highest BCUT2D eigenvalue weighted by atomic mass is 19.3. The summed E-state index contributed by atoms with van der Waals surface area (Å²) in [4.78, 5) is 0. The maximum Gasteiger partial charge on any atom is 0.285 e. The van der Waals surface area contributed by atoms with Crippen LogP contribution in [0.2, 0.25) is 0 Å². The molecule has 0 heterocycles. The first-order valence-corrected chi connectivity index (χ1v) is 5.60. The third-order valence-electron chi connectivity index (χ3n) is 2.85. The Hall–Kier alpha value is -1.16. The van der Waals surface area contributed by atoms with Gasteiger partial charge in [0.15, 0.2) is 0 Å². The van der Waals surface area contributed by atoms with Crippen LogP contribution in [-0.2, 0) is 5.92 Å². The average molecular weight is 243 g/mol. The molecule has 2 N–H and O–H groups in total. The molecule has 0 bridgehead atoms. The summed E-state index contributed by atoms with van der Waals surface area (Å²) in [5.74, 6) is -2.22. The number of nitrogens with two attached hydrogens (primary N) is 1. The fraction of sp³-hybridized carbons (Fsp3) is 0.538. The van der Waals surface area contributed by atoms with E-state index in [1.165, 1.54) is 6.07 Å². The van der Waals surface area contributed by atoms with E-state index in [9.17, 15) is 8.78 Å². The molecule has 1 aromatic rings. The van der Waals surface area contributed by atoms with Crippen LogP contribution in [0.4, 0.5) is 8.78 Å². The van der Waals surface area contributed by atoms with E-state index in [1.807, 2.05) is 13.8 Å². The predicted octanol–water partition coefficient (Wildman–Crippen LogP) is 3.18. The number of methoxy groups -OCH3 is 1. The topological polar surface area (TPSA) is 35.2 Å². The van der Waals surface area contributed by atoms with Crippen LogP contribution in [-0.4, -0.2) is 13.7 Å². The molecule has 96 valence electrons. The number of hydrogen-bond donors (Lipinski definition) is 1. The van der Waals surface area contributed by atoms with Crippen molar-refractivity contribution in [3.63, 3.8) is 0 Å². The van der Waals surface area contributed by atoms with E-state index in [0.29, 0.717) is 11.3 Å². The SMILES string of the molecule is COc1cc(C)c(C(F)(F)CN)cc1C(C)C. The highest BCUT2D eigenvalue weighted by Crippen LogP contribution is 2.36. The lowest BCUT2D eigenvalue weighted by atomic mass is 9.93. The fourth-order valence-electron chi connectivity index (χ4n) is 1.83. The molecule has 1 rings (SSSR count). The summed E-state index contributed by atoms with van der Waals surface area (Å²) in [5, 5.41) is 0. The van der Waals surface area contributed by atoms with Crippen LogP contribution in [0.1, 0.15) is 36.5 Å². The van der Waals surface area contributed by atoms with E-state index in [1.54, 1.807) is 20.1 Å². The molecule has 17 heavy (non-hydrogen) atoms. The van der Waals surface area contributed by atoms with Gasteiger partial charge in [0, 0.05) is 5.56 Å². The van der Waals surface area contributed by atoms with Gasteiger partial charge in [-0.05, 0) is 36.1 Å². The third kappa shape index (κ3) is 2.75. The first-order valence-electron chi connectivity index (χ1n) is 5.60. The Kier molecular flexibility index (Phi) is 4.09. The van der Waals surface area contributed by atoms with E-state index in [4.69, 9.17) is 10.5 Å². The quantitative estimate of drug-likeness (QED) is 0.881. The van der Waals surface area contributed by atoms with Crippen LogP contribution in [0, 0.1) is 6.92 Å². The van der Waals surface area contributed by atoms with E-state index in [0.717, 1.165) is 5.56 Å². The number of hydrogen-bond acceptors (Lipinski definition) is 2. The normalized spacial score (nSPS) is 12.0. The minimum Gasteiger partial charge on any atom is -0.496 e. The summed E-state index contributed by atoms with van der Waals surface area (Å²) in [6.45, 7) is 4.85. The van der Waals surface area contributed by atoms with Crippen LogP contribution in [0.5, 0.6) is 5.75 Å². The summed E-state index contributed by atoms with van der Waals surface area (Å²) < 4.78 is 32.5. The minimum atomic E-state index is -2.99. The van der Waals surface area contributed by atoms with Crippen LogP contribution in [0.25, 0.3) is 0 Å². The predicted molar refractivity (Wildman–Crippen MR) is 64.8 cm³/mol. The van der Waals surface area contributed by atoms with Gasteiger partial charge < -0.3 is 10.5 Å². The molecular formula is C13H19F2NO. The molecule has 0 spiro atoms. The van der Waals surface area contributed by atoms with Gasteiger partial charge in [0.25, 0.3) is 5.92 Å². The zero-order valence-electron chi connectivity index (χ0n) is 10.7. The molecule has 0 saturated heterocycles. The van der Waals surface area contributed by atoms with Crippen molar-refractivity contribution in [1.82, 2.24) is 0 Å². The summed E-state index contributed by atoms with van der Waals surface area (Å²) in [5.41, 5.74) is 6.39. The number of aryl methyl sites for hydroxylation is 1. The van der Waals surface area contributed by atoms with Crippen LogP contribution in [0.15, 0.2) is 12.1 Å². The van der Waals surface area contributed by atoms with Crippen molar-refractivity contribution >= 4 is 0 Å². The maximum atomic E-state index is 13.7. The number of alkyl halides is 2. The van der Waals surface area contributed by atoms with Crippen molar-refractivity contribution in [2.75, 3.05) is 13.7 Å². The largest absolute Gasteiger partial charge is 0.496 e. The highest BCUT2D eigenvalue weighted by molar-refractivity contribution is 5.45. The lowest BCUT2D eigenvalue weighted by Crippen LogP contribution is -2.26. The molecule has 2 nitrogen and oxygen atoms in total. The molecule has 0 amide bonds. The Balaban J connectivity index is 3.39. The van der Waals surface area contributed by atoms with E-state index >= 15 is 0 Å². The second-order valence-electron chi connectivity index (χ2n) is 4.47. The second-order valence-corrected chi connectivity index (χ2v) is 4.47. The molecule has 0 aromatic heterocycles. The van der Waals surface area contributed by atoms with Gasteiger partial charge in [-0.1, -0.05) is 13.8 Å². The van der Waals surface area contributed by atoms with Crippen LogP contribution < -0.4 is 10.5 Å². The maximum absolute atomic E-state index is 13.7. The zero-order chi connectivity index (χ0) is 13.2. The van der Waals surface area contributed by atoms with Crippen molar-refractivity contribution < 1.29 is 13.5 Å². The van der Waals surface area contributed by atoms with E-state index in [2.05, 4.69) is 0 Å². The first-order chi connectivity index (χ1) is 7.83. The Morgan fingerprint density at radius 2 is 1.94 bits per heavy atom. The first kappa shape index (κ1) is 13.9. The number of rotatable bonds is 4. The molecule has 0 aliphatic carbocycles. The summed E-state index contributed by atoms with van der Waals surface area (Å²) in [6.07, 6.45) is 0. The van der Waals surface area contributed by atoms with Crippen molar-refractivity contribution in [1.29, 1.82) is 0 Å². The summed E-state index contributed by atoms with van der Waals surface area (Å²) in [6, 6.07) is 3.15. The van der Waals surface area contributed by atoms with Gasteiger partial charge in [-0.3, -0.25) is 0 Å². The van der Waals surface area contributed by atoms with Crippen molar-refractivity contribution in [3.05, 3.63) is 28.8 Å². The summed E-state index contributed by atoms with van der Waals surface area (Å²) in [7, 11) is 1.54. The Morgan fingerprint density at radius 1 is 1.35 bits per heavy atom. The van der Waals surface area contributed by atoms with Gasteiger partial charge in [0.1, 0.15) is 5.75 Å². The van der Waals surface area contributed by atoms with E-state index < -0.39 is 12.5 Å². The van der Waals surface area contributed by atoms with Gasteiger partial charge in [-0.25, -0.2) is 0 Å². The van der Waals surface area contributed by atoms with E-state index in [-0.39, 0.29) is 11.5 Å². The fourth-order valence-corrected chi connectivity index (χ4v) is 1.83. The van der Waals surface area contributed by atoms with Crippen molar-refractivity contribution in [2.45, 2.75) is 32.6 Å². The number of benzene rings is 1. The van der Waals surface area contributed by atoms with Gasteiger partial charge in [0.05, 0.1) is 13.7 Å². The molecule has 4 heteroatoms. The Bertz CT molecular complexity index is 403. The van der Waals surface area contributed by atoms with Gasteiger partial charge in [-0.15, -0.1) is 0 Å². The van der Waals surface area contributed by atoms with Gasteiger partial charge in [0.2, 0.25) is 0 Å². The van der Waals surface area contributed by atoms with Gasteiger partial charge in [-0.2, -0.15) is 8.78 Å². The monoisotopic (exact) mass is 243 g/mol. The lowest BCUT2D eigenvalue weighted by Gasteiger charge is -2.21. The molecule has 0 fully saturated rings. The molecule has 0 aliphatic rings. The third-order valence-corrected chi connectivity index (χ3v) is 2.85. The van der Waals surface area contributed by atoms with Crippen LogP contribution >= 0.6 is 0 Å². The number of ether oxygens (including phenoxy) is 1. The molecule has 0 saturated carbocycles. The molecule has 1 aromatic carbocycles. The Labute approximate surface area is 101 Å². The number of halogens is 2. The second kappa shape index (κ2) is 5.00. The van der Waals surface area contributed by atoms with Crippen LogP contribution in [0.3, 0.4) is 0 Å². The Morgan fingerprint density at radius 3 is 2.35 bits per heavy atom. The highest BCUT2D eigenvalue weighted by Gasteiger charge is 2.32. The molecule has 0 atom stereocenters. The average Bonchev–Trinajstić information content (AvgIpc) is 2.27. The molecular weight excluding hydrogens is 224 g/mol. The lowest BCUT2D eigenvalue weighted by molar-refractivity contribution is 0.00519. The molecule has 0 radical (unpaired) electrons. The minimum absolute atomic E-state index is 0.00972. The molecule has 0 unspecified atom stereocenters. The summed E-state index contributed by atoms with van der Waals surface area (Å²) >= 11 is 0. The van der Waals surface area contributed by atoms with Gasteiger partial charge >= 0.3 is 0 Å². The smallest absolute Gasteiger partial charge is 0.285 e. The van der Waals surface area contributed by atoms with Crippen molar-refractivity contribution in [2.24, 2.45) is 5.73 Å². The molecule has 0 aliphatic heterocycles. The standard InChI is InChI=1S/C13H19F2NO/c1-8(2)10-6-11(13(14,15)7-16)9(3)5-12(10)17-4/h5-6,8H,7,16H2,1-4H3. The zero-order valence-corrected chi connectivity index (χ0v) is 10.7. The van der Waals surface area contributed by atoms with Crippen molar-refractivity contribution in [3.8, 4) is 5.75 Å².